The minimum atomic E-state index is 0.631. The van der Waals surface area contributed by atoms with Crippen LogP contribution in [0.3, 0.4) is 0 Å². The van der Waals surface area contributed by atoms with Crippen molar-refractivity contribution < 1.29 is 0 Å². The lowest BCUT2D eigenvalue weighted by Crippen LogP contribution is -2.04. The number of hydrogen-bond donors (Lipinski definition) is 1. The van der Waals surface area contributed by atoms with Gasteiger partial charge in [0.25, 0.3) is 0 Å². The van der Waals surface area contributed by atoms with Gasteiger partial charge in [0.15, 0.2) is 0 Å². The zero-order chi connectivity index (χ0) is 12.5. The fourth-order valence-electron chi connectivity index (χ4n) is 2.27. The summed E-state index contributed by atoms with van der Waals surface area (Å²) in [5, 5.41) is 8.01. The number of hydrogen-bond acceptors (Lipinski definition) is 3. The summed E-state index contributed by atoms with van der Waals surface area (Å²) in [5.41, 5.74) is 9.22. The molecular formula is C14H15N3S. The van der Waals surface area contributed by atoms with E-state index in [2.05, 4.69) is 40.9 Å². The lowest BCUT2D eigenvalue weighted by Gasteiger charge is -1.99. The van der Waals surface area contributed by atoms with Gasteiger partial charge in [-0.3, -0.25) is 4.68 Å². The summed E-state index contributed by atoms with van der Waals surface area (Å²) in [5.74, 6) is 0. The first-order valence-electron chi connectivity index (χ1n) is 5.99. The van der Waals surface area contributed by atoms with Crippen molar-refractivity contribution in [2.45, 2.75) is 6.42 Å². The quantitative estimate of drug-likeness (QED) is 0.784. The number of nitrogens with zero attached hydrogens (tertiary/aromatic N) is 2. The molecule has 3 nitrogen and oxygen atoms in total. The van der Waals surface area contributed by atoms with E-state index >= 15 is 0 Å². The number of aryl methyl sites for hydroxylation is 1. The maximum atomic E-state index is 5.66. The highest BCUT2D eigenvalue weighted by molar-refractivity contribution is 7.17. The highest BCUT2D eigenvalue weighted by Crippen LogP contribution is 2.35. The second-order valence-corrected chi connectivity index (χ2v) is 5.26. The van der Waals surface area contributed by atoms with Crippen LogP contribution in [0.5, 0.6) is 0 Å². The average Bonchev–Trinajstić information content (AvgIpc) is 2.93. The average molecular weight is 257 g/mol. The molecule has 0 atom stereocenters. The molecular weight excluding hydrogens is 242 g/mol. The van der Waals surface area contributed by atoms with E-state index in [9.17, 15) is 0 Å². The van der Waals surface area contributed by atoms with Gasteiger partial charge < -0.3 is 5.73 Å². The summed E-state index contributed by atoms with van der Waals surface area (Å²) >= 11 is 1.78. The van der Waals surface area contributed by atoms with Crippen LogP contribution >= 0.6 is 11.3 Å². The molecule has 0 aliphatic rings. The molecule has 0 bridgehead atoms. The van der Waals surface area contributed by atoms with Crippen LogP contribution < -0.4 is 5.73 Å². The summed E-state index contributed by atoms with van der Waals surface area (Å²) in [6, 6.07) is 8.48. The largest absolute Gasteiger partial charge is 0.330 e. The van der Waals surface area contributed by atoms with Crippen LogP contribution in [-0.4, -0.2) is 16.3 Å². The predicted octanol–water partition coefficient (Wildman–Crippen LogP) is 2.80. The van der Waals surface area contributed by atoms with Gasteiger partial charge in [0, 0.05) is 40.9 Å². The monoisotopic (exact) mass is 257 g/mol. The van der Waals surface area contributed by atoms with Gasteiger partial charge in [-0.2, -0.15) is 5.10 Å². The van der Waals surface area contributed by atoms with E-state index in [1.807, 2.05) is 11.7 Å². The Morgan fingerprint density at radius 3 is 2.94 bits per heavy atom. The molecule has 3 aromatic rings. The van der Waals surface area contributed by atoms with Crippen LogP contribution in [0.15, 0.2) is 35.8 Å². The Morgan fingerprint density at radius 2 is 2.11 bits per heavy atom. The summed E-state index contributed by atoms with van der Waals surface area (Å²) in [4.78, 5) is 0. The number of nitrogens with two attached hydrogens (primary N) is 1. The minimum absolute atomic E-state index is 0.631. The first kappa shape index (κ1) is 11.4. The van der Waals surface area contributed by atoms with Gasteiger partial charge in [-0.05, 0) is 18.0 Å². The molecule has 0 amide bonds. The Bertz CT molecular complexity index is 681. The first-order valence-corrected chi connectivity index (χ1v) is 6.87. The Morgan fingerprint density at radius 1 is 1.28 bits per heavy atom. The summed E-state index contributed by atoms with van der Waals surface area (Å²) in [6.07, 6.45) is 2.90. The van der Waals surface area contributed by atoms with Crippen LogP contribution in [0.25, 0.3) is 21.2 Å². The van der Waals surface area contributed by atoms with E-state index in [0.717, 1.165) is 12.1 Å². The Kier molecular flexibility index (Phi) is 2.89. The van der Waals surface area contributed by atoms with E-state index in [4.69, 9.17) is 5.73 Å². The van der Waals surface area contributed by atoms with Gasteiger partial charge in [-0.15, -0.1) is 11.3 Å². The standard InChI is InChI=1S/C14H15N3S/c1-17-8-11(13(16-17)6-7-15)12-9-18-14-5-3-2-4-10(12)14/h2-5,8-9H,6-7,15H2,1H3. The Labute approximate surface area is 110 Å². The molecule has 0 unspecified atom stereocenters. The highest BCUT2D eigenvalue weighted by atomic mass is 32.1. The van der Waals surface area contributed by atoms with Crippen molar-refractivity contribution in [3.8, 4) is 11.1 Å². The van der Waals surface area contributed by atoms with Crippen molar-refractivity contribution >= 4 is 21.4 Å². The zero-order valence-electron chi connectivity index (χ0n) is 10.3. The fraction of sp³-hybridized carbons (Fsp3) is 0.214. The molecule has 2 heterocycles. The van der Waals surface area contributed by atoms with E-state index in [1.165, 1.54) is 21.2 Å². The number of thiophene rings is 1. The number of benzene rings is 1. The molecule has 92 valence electrons. The molecule has 2 aromatic heterocycles. The van der Waals surface area contributed by atoms with Gasteiger partial charge in [0.1, 0.15) is 0 Å². The Hall–Kier alpha value is -1.65. The lowest BCUT2D eigenvalue weighted by atomic mass is 10.0. The lowest BCUT2D eigenvalue weighted by molar-refractivity contribution is 0.739. The third kappa shape index (κ3) is 1.83. The van der Waals surface area contributed by atoms with Crippen LogP contribution in [0, 0.1) is 0 Å². The van der Waals surface area contributed by atoms with Gasteiger partial charge in [-0.25, -0.2) is 0 Å². The maximum absolute atomic E-state index is 5.66. The smallest absolute Gasteiger partial charge is 0.0715 e. The molecule has 18 heavy (non-hydrogen) atoms. The van der Waals surface area contributed by atoms with E-state index in [1.54, 1.807) is 11.3 Å². The number of fused-ring (bicyclic) bond motifs is 1. The fourth-order valence-corrected chi connectivity index (χ4v) is 3.23. The first-order chi connectivity index (χ1) is 8.79. The SMILES string of the molecule is Cn1cc(-c2csc3ccccc23)c(CCN)n1. The summed E-state index contributed by atoms with van der Waals surface area (Å²) in [6.45, 7) is 0.631. The summed E-state index contributed by atoms with van der Waals surface area (Å²) < 4.78 is 3.18. The number of rotatable bonds is 3. The predicted molar refractivity (Wildman–Crippen MR) is 76.8 cm³/mol. The van der Waals surface area contributed by atoms with Gasteiger partial charge in [0.2, 0.25) is 0 Å². The second-order valence-electron chi connectivity index (χ2n) is 4.35. The molecule has 4 heteroatoms. The molecule has 0 aliphatic carbocycles. The third-order valence-corrected chi connectivity index (χ3v) is 4.02. The van der Waals surface area contributed by atoms with Crippen LogP contribution in [-0.2, 0) is 13.5 Å². The second kappa shape index (κ2) is 4.55. The van der Waals surface area contributed by atoms with Crippen molar-refractivity contribution in [2.24, 2.45) is 12.8 Å². The molecule has 1 aromatic carbocycles. The maximum Gasteiger partial charge on any atom is 0.0715 e. The zero-order valence-corrected chi connectivity index (χ0v) is 11.1. The van der Waals surface area contributed by atoms with Gasteiger partial charge in [0.05, 0.1) is 5.69 Å². The van der Waals surface area contributed by atoms with Crippen molar-refractivity contribution in [2.75, 3.05) is 6.54 Å². The van der Waals surface area contributed by atoms with Crippen LogP contribution in [0.2, 0.25) is 0 Å². The molecule has 0 fully saturated rings. The normalized spacial score (nSPS) is 11.2. The topological polar surface area (TPSA) is 43.8 Å². The van der Waals surface area contributed by atoms with Gasteiger partial charge >= 0.3 is 0 Å². The Balaban J connectivity index is 2.19. The van der Waals surface area contributed by atoms with E-state index in [0.29, 0.717) is 6.54 Å². The minimum Gasteiger partial charge on any atom is -0.330 e. The van der Waals surface area contributed by atoms with Crippen molar-refractivity contribution in [1.29, 1.82) is 0 Å². The molecule has 0 aliphatic heterocycles. The third-order valence-electron chi connectivity index (χ3n) is 3.06. The highest BCUT2D eigenvalue weighted by Gasteiger charge is 2.13. The molecule has 0 radical (unpaired) electrons. The molecule has 3 rings (SSSR count). The van der Waals surface area contributed by atoms with Crippen LogP contribution in [0.4, 0.5) is 0 Å². The van der Waals surface area contributed by atoms with Crippen molar-refractivity contribution in [1.82, 2.24) is 9.78 Å². The van der Waals surface area contributed by atoms with Crippen molar-refractivity contribution in [3.63, 3.8) is 0 Å². The summed E-state index contributed by atoms with van der Waals surface area (Å²) in [7, 11) is 1.96. The van der Waals surface area contributed by atoms with Gasteiger partial charge in [-0.1, -0.05) is 18.2 Å². The molecule has 0 saturated heterocycles. The molecule has 0 saturated carbocycles. The molecule has 2 N–H and O–H groups in total. The molecule has 0 spiro atoms. The number of aromatic nitrogens is 2. The van der Waals surface area contributed by atoms with E-state index in [-0.39, 0.29) is 0 Å². The van der Waals surface area contributed by atoms with E-state index < -0.39 is 0 Å². The van der Waals surface area contributed by atoms with Crippen LogP contribution in [0.1, 0.15) is 5.69 Å². The van der Waals surface area contributed by atoms with Crippen molar-refractivity contribution in [3.05, 3.63) is 41.5 Å².